The highest BCUT2D eigenvalue weighted by atomic mass is 79.9. The van der Waals surface area contributed by atoms with Gasteiger partial charge >= 0.3 is 12.1 Å². The Hall–Kier alpha value is -1.64. The maximum atomic E-state index is 12.4. The van der Waals surface area contributed by atoms with E-state index in [0.717, 1.165) is 0 Å². The summed E-state index contributed by atoms with van der Waals surface area (Å²) in [4.78, 5) is 22.1. The summed E-state index contributed by atoms with van der Waals surface area (Å²) >= 11 is 3.01. The Morgan fingerprint density at radius 1 is 1.35 bits per heavy atom. The number of carbonyl (C=O) groups excluding carboxylic acids is 1. The van der Waals surface area contributed by atoms with Gasteiger partial charge in [-0.25, -0.2) is 0 Å². The number of nitrogens with zero attached hydrogens (tertiary/aromatic N) is 2. The standard InChI is InChI=1S/C11H8BrF3N2O3/c12-8-3-7-5-16(10(18)11(13,14)15)2-1-6(7)4-9(8)17(19)20/h3-4H,1-2,5H2. The van der Waals surface area contributed by atoms with Crippen molar-refractivity contribution >= 4 is 27.5 Å². The van der Waals surface area contributed by atoms with E-state index in [1.54, 1.807) is 0 Å². The van der Waals surface area contributed by atoms with Gasteiger partial charge in [-0.15, -0.1) is 0 Å². The van der Waals surface area contributed by atoms with Gasteiger partial charge in [-0.2, -0.15) is 13.2 Å². The molecule has 0 saturated carbocycles. The summed E-state index contributed by atoms with van der Waals surface area (Å²) in [6.07, 6.45) is -4.75. The molecule has 1 aromatic rings. The van der Waals surface area contributed by atoms with Crippen LogP contribution in [0.2, 0.25) is 0 Å². The fourth-order valence-electron chi connectivity index (χ4n) is 2.06. The minimum absolute atomic E-state index is 0.107. The van der Waals surface area contributed by atoms with E-state index in [4.69, 9.17) is 0 Å². The number of nitro groups is 1. The number of amides is 1. The largest absolute Gasteiger partial charge is 0.471 e. The van der Waals surface area contributed by atoms with E-state index in [1.807, 2.05) is 0 Å². The van der Waals surface area contributed by atoms with Crippen LogP contribution in [0.25, 0.3) is 0 Å². The molecule has 0 spiro atoms. The van der Waals surface area contributed by atoms with Crippen molar-refractivity contribution in [3.63, 3.8) is 0 Å². The van der Waals surface area contributed by atoms with Crippen LogP contribution >= 0.6 is 15.9 Å². The number of halogens is 4. The molecule has 2 rings (SSSR count). The van der Waals surface area contributed by atoms with Crippen LogP contribution in [0.15, 0.2) is 16.6 Å². The molecule has 0 fully saturated rings. The molecule has 108 valence electrons. The Balaban J connectivity index is 2.30. The minimum atomic E-state index is -4.91. The van der Waals surface area contributed by atoms with Gasteiger partial charge in [0.1, 0.15) is 0 Å². The maximum Gasteiger partial charge on any atom is 0.471 e. The molecule has 0 atom stereocenters. The zero-order valence-corrected chi connectivity index (χ0v) is 11.5. The summed E-state index contributed by atoms with van der Waals surface area (Å²) in [5.74, 6) is -1.89. The average Bonchev–Trinajstić information content (AvgIpc) is 2.34. The van der Waals surface area contributed by atoms with E-state index in [0.29, 0.717) is 16.0 Å². The van der Waals surface area contributed by atoms with Crippen molar-refractivity contribution in [2.45, 2.75) is 19.1 Å². The number of benzene rings is 1. The lowest BCUT2D eigenvalue weighted by Gasteiger charge is -2.29. The third kappa shape index (κ3) is 2.77. The lowest BCUT2D eigenvalue weighted by molar-refractivity contribution is -0.385. The fraction of sp³-hybridized carbons (Fsp3) is 0.364. The molecule has 0 radical (unpaired) electrons. The molecule has 0 unspecified atom stereocenters. The second-order valence-corrected chi connectivity index (χ2v) is 5.16. The monoisotopic (exact) mass is 352 g/mol. The summed E-state index contributed by atoms with van der Waals surface area (Å²) < 4.78 is 37.3. The highest BCUT2D eigenvalue weighted by molar-refractivity contribution is 9.10. The van der Waals surface area contributed by atoms with Crippen molar-refractivity contribution in [1.29, 1.82) is 0 Å². The van der Waals surface area contributed by atoms with Crippen LogP contribution in [0.1, 0.15) is 11.1 Å². The Bertz CT molecular complexity index is 589. The molecule has 9 heteroatoms. The number of hydrogen-bond acceptors (Lipinski definition) is 3. The molecule has 0 N–H and O–H groups in total. The SMILES string of the molecule is O=C(N1CCc2cc([N+](=O)[O-])c(Br)cc2C1)C(F)(F)F. The Kier molecular flexibility index (Phi) is 3.72. The van der Waals surface area contributed by atoms with Gasteiger partial charge in [0, 0.05) is 19.2 Å². The third-order valence-corrected chi connectivity index (χ3v) is 3.64. The smallest absolute Gasteiger partial charge is 0.330 e. The predicted octanol–water partition coefficient (Wildman–Crippen LogP) is 2.80. The zero-order valence-electron chi connectivity index (χ0n) is 9.91. The van der Waals surface area contributed by atoms with Crippen molar-refractivity contribution < 1.29 is 22.9 Å². The van der Waals surface area contributed by atoms with Crippen molar-refractivity contribution in [1.82, 2.24) is 4.90 Å². The quantitative estimate of drug-likeness (QED) is 0.576. The molecular weight excluding hydrogens is 345 g/mol. The normalized spacial score (nSPS) is 14.9. The number of carbonyl (C=O) groups is 1. The van der Waals surface area contributed by atoms with E-state index in [9.17, 15) is 28.1 Å². The van der Waals surface area contributed by atoms with Crippen LogP contribution in [0.3, 0.4) is 0 Å². The maximum absolute atomic E-state index is 12.4. The molecule has 1 aliphatic heterocycles. The topological polar surface area (TPSA) is 63.5 Å². The molecule has 5 nitrogen and oxygen atoms in total. The summed E-state index contributed by atoms with van der Waals surface area (Å²) in [5.41, 5.74) is 0.928. The third-order valence-electron chi connectivity index (χ3n) is 3.01. The fourth-order valence-corrected chi connectivity index (χ4v) is 2.59. The van der Waals surface area contributed by atoms with Crippen LogP contribution in [0.5, 0.6) is 0 Å². The van der Waals surface area contributed by atoms with Crippen molar-refractivity contribution in [3.05, 3.63) is 37.8 Å². The van der Waals surface area contributed by atoms with Crippen molar-refractivity contribution in [3.8, 4) is 0 Å². The molecular formula is C11H8BrF3N2O3. The van der Waals surface area contributed by atoms with Gasteiger partial charge in [-0.3, -0.25) is 14.9 Å². The first-order valence-corrected chi connectivity index (χ1v) is 6.31. The van der Waals surface area contributed by atoms with Gasteiger partial charge in [-0.1, -0.05) is 0 Å². The number of nitro benzene ring substituents is 1. The molecule has 1 aliphatic rings. The highest BCUT2D eigenvalue weighted by Crippen LogP contribution is 2.32. The second-order valence-electron chi connectivity index (χ2n) is 4.30. The van der Waals surface area contributed by atoms with Crippen LogP contribution in [-0.4, -0.2) is 28.5 Å². The van der Waals surface area contributed by atoms with E-state index in [1.165, 1.54) is 12.1 Å². The molecule has 0 bridgehead atoms. The lowest BCUT2D eigenvalue weighted by atomic mass is 9.99. The zero-order chi connectivity index (χ0) is 15.1. The second kappa shape index (κ2) is 5.04. The van der Waals surface area contributed by atoms with Gasteiger partial charge in [0.15, 0.2) is 0 Å². The van der Waals surface area contributed by atoms with Gasteiger partial charge < -0.3 is 4.90 Å². The molecule has 1 heterocycles. The van der Waals surface area contributed by atoms with Crippen LogP contribution in [-0.2, 0) is 17.8 Å². The molecule has 1 amide bonds. The molecule has 1 aromatic carbocycles. The first kappa shape index (κ1) is 14.8. The first-order valence-electron chi connectivity index (χ1n) is 5.52. The van der Waals surface area contributed by atoms with Crippen molar-refractivity contribution in [2.24, 2.45) is 0 Å². The number of rotatable bonds is 1. The minimum Gasteiger partial charge on any atom is -0.330 e. The Morgan fingerprint density at radius 3 is 2.55 bits per heavy atom. The van der Waals surface area contributed by atoms with Gasteiger partial charge in [0.2, 0.25) is 0 Å². The number of hydrogen-bond donors (Lipinski definition) is 0. The van der Waals surface area contributed by atoms with Crippen LogP contribution < -0.4 is 0 Å². The summed E-state index contributed by atoms with van der Waals surface area (Å²) in [6.45, 7) is -0.311. The Morgan fingerprint density at radius 2 is 2.00 bits per heavy atom. The van der Waals surface area contributed by atoms with E-state index < -0.39 is 17.0 Å². The van der Waals surface area contributed by atoms with E-state index >= 15 is 0 Å². The molecule has 0 saturated heterocycles. The van der Waals surface area contributed by atoms with Crippen LogP contribution in [0.4, 0.5) is 18.9 Å². The molecule has 20 heavy (non-hydrogen) atoms. The highest BCUT2D eigenvalue weighted by Gasteiger charge is 2.43. The Labute approximate surface area is 119 Å². The van der Waals surface area contributed by atoms with Gasteiger partial charge in [0.05, 0.1) is 9.40 Å². The van der Waals surface area contributed by atoms with Crippen LogP contribution in [0, 0.1) is 10.1 Å². The lowest BCUT2D eigenvalue weighted by Crippen LogP contribution is -2.43. The van der Waals surface area contributed by atoms with Crippen molar-refractivity contribution in [2.75, 3.05) is 6.54 Å². The summed E-state index contributed by atoms with van der Waals surface area (Å²) in [7, 11) is 0. The summed E-state index contributed by atoms with van der Waals surface area (Å²) in [6, 6.07) is 2.72. The average molecular weight is 353 g/mol. The number of alkyl halides is 3. The summed E-state index contributed by atoms with van der Waals surface area (Å²) in [5, 5.41) is 10.8. The van der Waals surface area contributed by atoms with Gasteiger partial charge in [-0.05, 0) is 39.5 Å². The predicted molar refractivity (Wildman–Crippen MR) is 66.0 cm³/mol. The van der Waals surface area contributed by atoms with E-state index in [2.05, 4.69) is 15.9 Å². The van der Waals surface area contributed by atoms with E-state index in [-0.39, 0.29) is 29.7 Å². The van der Waals surface area contributed by atoms with Gasteiger partial charge in [0.25, 0.3) is 5.69 Å². The first-order chi connectivity index (χ1) is 9.20. The number of fused-ring (bicyclic) bond motifs is 1. The molecule has 0 aliphatic carbocycles. The molecule has 0 aromatic heterocycles.